The zero-order valence-corrected chi connectivity index (χ0v) is 13.4. The van der Waals surface area contributed by atoms with Crippen LogP contribution in [0.15, 0.2) is 18.2 Å². The van der Waals surface area contributed by atoms with Crippen LogP contribution in [0, 0.1) is 11.7 Å². The maximum Gasteiger partial charge on any atom is 0.123 e. The van der Waals surface area contributed by atoms with Crippen LogP contribution in [-0.2, 0) is 6.54 Å². The first kappa shape index (κ1) is 17.0. The first-order valence-corrected chi connectivity index (χ1v) is 7.82. The second-order valence-electron chi connectivity index (χ2n) is 5.73. The summed E-state index contributed by atoms with van der Waals surface area (Å²) in [6, 6.07) is 5.15. The lowest BCUT2D eigenvalue weighted by atomic mass is 10.1. The monoisotopic (exact) mass is 280 g/mol. The SMILES string of the molecule is CCCCN(CC)c1ccc(F)cc1CNCC(C)C. The first-order valence-electron chi connectivity index (χ1n) is 7.82. The standard InChI is InChI=1S/C17H29FN2/c1-5-7-10-20(6-2)17-9-8-16(18)11-15(17)13-19-12-14(3)4/h8-9,11,14,19H,5-7,10,12-13H2,1-4H3. The molecule has 0 aliphatic carbocycles. The van der Waals surface area contributed by atoms with Crippen molar-refractivity contribution in [2.24, 2.45) is 5.92 Å². The van der Waals surface area contributed by atoms with Gasteiger partial charge in [-0.1, -0.05) is 27.2 Å². The molecule has 1 aromatic carbocycles. The van der Waals surface area contributed by atoms with Gasteiger partial charge < -0.3 is 10.2 Å². The van der Waals surface area contributed by atoms with Crippen LogP contribution in [0.25, 0.3) is 0 Å². The van der Waals surface area contributed by atoms with Crippen LogP contribution in [0.4, 0.5) is 10.1 Å². The van der Waals surface area contributed by atoms with Crippen molar-refractivity contribution in [3.63, 3.8) is 0 Å². The molecular weight excluding hydrogens is 251 g/mol. The van der Waals surface area contributed by atoms with Gasteiger partial charge in [0, 0.05) is 25.3 Å². The average Bonchev–Trinajstić information content (AvgIpc) is 2.41. The predicted molar refractivity (Wildman–Crippen MR) is 85.7 cm³/mol. The molecule has 0 saturated heterocycles. The number of halogens is 1. The third-order valence-electron chi connectivity index (χ3n) is 3.41. The summed E-state index contributed by atoms with van der Waals surface area (Å²) in [6.07, 6.45) is 2.35. The Labute approximate surface area is 123 Å². The van der Waals surface area contributed by atoms with Crippen molar-refractivity contribution in [1.82, 2.24) is 5.32 Å². The Kier molecular flexibility index (Phi) is 7.60. The van der Waals surface area contributed by atoms with Crippen LogP contribution < -0.4 is 10.2 Å². The van der Waals surface area contributed by atoms with Crippen molar-refractivity contribution < 1.29 is 4.39 Å². The molecular formula is C17H29FN2. The van der Waals surface area contributed by atoms with Crippen molar-refractivity contribution in [2.45, 2.75) is 47.1 Å². The van der Waals surface area contributed by atoms with E-state index in [1.807, 2.05) is 6.07 Å². The maximum absolute atomic E-state index is 13.5. The van der Waals surface area contributed by atoms with Crippen LogP contribution in [0.5, 0.6) is 0 Å². The van der Waals surface area contributed by atoms with Gasteiger partial charge in [0.15, 0.2) is 0 Å². The van der Waals surface area contributed by atoms with Crippen molar-refractivity contribution in [3.8, 4) is 0 Å². The molecule has 0 unspecified atom stereocenters. The Morgan fingerprint density at radius 3 is 2.60 bits per heavy atom. The Balaban J connectivity index is 2.81. The van der Waals surface area contributed by atoms with E-state index in [4.69, 9.17) is 0 Å². The van der Waals surface area contributed by atoms with E-state index in [0.29, 0.717) is 5.92 Å². The zero-order chi connectivity index (χ0) is 15.0. The molecule has 0 heterocycles. The largest absolute Gasteiger partial charge is 0.372 e. The smallest absolute Gasteiger partial charge is 0.123 e. The number of nitrogens with zero attached hydrogens (tertiary/aromatic N) is 1. The molecule has 0 spiro atoms. The number of benzene rings is 1. The summed E-state index contributed by atoms with van der Waals surface area (Å²) in [5, 5.41) is 3.41. The zero-order valence-electron chi connectivity index (χ0n) is 13.4. The molecule has 0 fully saturated rings. The Morgan fingerprint density at radius 2 is 2.00 bits per heavy atom. The summed E-state index contributed by atoms with van der Waals surface area (Å²) in [7, 11) is 0. The third kappa shape index (κ3) is 5.49. The number of hydrogen-bond acceptors (Lipinski definition) is 2. The third-order valence-corrected chi connectivity index (χ3v) is 3.41. The Bertz CT molecular complexity index is 391. The topological polar surface area (TPSA) is 15.3 Å². The summed E-state index contributed by atoms with van der Waals surface area (Å²) in [5.74, 6) is 0.455. The molecule has 0 atom stereocenters. The second-order valence-corrected chi connectivity index (χ2v) is 5.73. The second kappa shape index (κ2) is 8.96. The molecule has 1 N–H and O–H groups in total. The van der Waals surface area contributed by atoms with Crippen molar-refractivity contribution in [2.75, 3.05) is 24.5 Å². The number of rotatable bonds is 9. The summed E-state index contributed by atoms with van der Waals surface area (Å²) < 4.78 is 13.5. The number of hydrogen-bond donors (Lipinski definition) is 1. The van der Waals surface area contributed by atoms with Gasteiger partial charge in [0.1, 0.15) is 5.82 Å². The van der Waals surface area contributed by atoms with Gasteiger partial charge in [0.05, 0.1) is 0 Å². The maximum atomic E-state index is 13.5. The van der Waals surface area contributed by atoms with E-state index in [2.05, 4.69) is 37.9 Å². The van der Waals surface area contributed by atoms with Crippen LogP contribution in [0.3, 0.4) is 0 Å². The van der Waals surface area contributed by atoms with Crippen molar-refractivity contribution in [3.05, 3.63) is 29.6 Å². The molecule has 20 heavy (non-hydrogen) atoms. The quantitative estimate of drug-likeness (QED) is 0.729. The minimum Gasteiger partial charge on any atom is -0.372 e. The molecule has 1 rings (SSSR count). The van der Waals surface area contributed by atoms with Crippen molar-refractivity contribution in [1.29, 1.82) is 0 Å². The molecule has 0 radical (unpaired) electrons. The van der Waals surface area contributed by atoms with Gasteiger partial charge in [-0.05, 0) is 49.6 Å². The highest BCUT2D eigenvalue weighted by atomic mass is 19.1. The summed E-state index contributed by atoms with van der Waals surface area (Å²) in [4.78, 5) is 2.34. The van der Waals surface area contributed by atoms with E-state index in [9.17, 15) is 4.39 Å². The van der Waals surface area contributed by atoms with Gasteiger partial charge in [0.25, 0.3) is 0 Å². The van der Waals surface area contributed by atoms with E-state index < -0.39 is 0 Å². The van der Waals surface area contributed by atoms with E-state index >= 15 is 0 Å². The molecule has 0 aliphatic heterocycles. The molecule has 0 bridgehead atoms. The molecule has 1 aromatic rings. The minimum atomic E-state index is -0.151. The fourth-order valence-electron chi connectivity index (χ4n) is 2.30. The molecule has 0 amide bonds. The summed E-state index contributed by atoms with van der Waals surface area (Å²) >= 11 is 0. The average molecular weight is 280 g/mol. The Morgan fingerprint density at radius 1 is 1.25 bits per heavy atom. The molecule has 3 heteroatoms. The van der Waals surface area contributed by atoms with E-state index in [0.717, 1.165) is 31.7 Å². The lowest BCUT2D eigenvalue weighted by Gasteiger charge is -2.26. The van der Waals surface area contributed by atoms with Gasteiger partial charge in [-0.15, -0.1) is 0 Å². The minimum absolute atomic E-state index is 0.151. The Hall–Kier alpha value is -1.09. The van der Waals surface area contributed by atoms with Crippen molar-refractivity contribution >= 4 is 5.69 Å². The van der Waals surface area contributed by atoms with E-state index in [1.165, 1.54) is 18.5 Å². The van der Waals surface area contributed by atoms with Gasteiger partial charge in [0.2, 0.25) is 0 Å². The van der Waals surface area contributed by atoms with Crippen LogP contribution in [-0.4, -0.2) is 19.6 Å². The summed E-state index contributed by atoms with van der Waals surface area (Å²) in [6.45, 7) is 12.4. The number of anilines is 1. The lowest BCUT2D eigenvalue weighted by Crippen LogP contribution is -2.27. The van der Waals surface area contributed by atoms with E-state index in [-0.39, 0.29) is 5.82 Å². The number of unbranched alkanes of at least 4 members (excludes halogenated alkanes) is 1. The molecule has 114 valence electrons. The molecule has 0 aliphatic rings. The van der Waals surface area contributed by atoms with Gasteiger partial charge in [-0.25, -0.2) is 4.39 Å². The highest BCUT2D eigenvalue weighted by Gasteiger charge is 2.10. The van der Waals surface area contributed by atoms with Gasteiger partial charge in [-0.3, -0.25) is 0 Å². The summed E-state index contributed by atoms with van der Waals surface area (Å²) in [5.41, 5.74) is 2.22. The van der Waals surface area contributed by atoms with E-state index in [1.54, 1.807) is 12.1 Å². The normalized spacial score (nSPS) is 11.1. The molecule has 0 saturated carbocycles. The predicted octanol–water partition coefficient (Wildman–Crippen LogP) is 4.20. The van der Waals surface area contributed by atoms with Crippen LogP contribution in [0.2, 0.25) is 0 Å². The van der Waals surface area contributed by atoms with Crippen LogP contribution >= 0.6 is 0 Å². The molecule has 0 aromatic heterocycles. The number of nitrogens with one attached hydrogen (secondary N) is 1. The van der Waals surface area contributed by atoms with Gasteiger partial charge >= 0.3 is 0 Å². The lowest BCUT2D eigenvalue weighted by molar-refractivity contribution is 0.549. The first-order chi connectivity index (χ1) is 9.58. The highest BCUT2D eigenvalue weighted by Crippen LogP contribution is 2.22. The van der Waals surface area contributed by atoms with Crippen LogP contribution in [0.1, 0.15) is 46.1 Å². The fourth-order valence-corrected chi connectivity index (χ4v) is 2.30. The highest BCUT2D eigenvalue weighted by molar-refractivity contribution is 5.53. The fraction of sp³-hybridized carbons (Fsp3) is 0.647. The van der Waals surface area contributed by atoms with Gasteiger partial charge in [-0.2, -0.15) is 0 Å². The molecule has 2 nitrogen and oxygen atoms in total.